The van der Waals surface area contributed by atoms with Crippen molar-refractivity contribution in [2.75, 3.05) is 0 Å². The number of fused-ring (bicyclic) bond motifs is 2. The minimum atomic E-state index is -0.666. The molecular weight excluding hydrogens is 178 g/mol. The summed E-state index contributed by atoms with van der Waals surface area (Å²) in [5.74, 6) is -0.0913. The van der Waals surface area contributed by atoms with Gasteiger partial charge in [-0.05, 0) is 25.2 Å². The molecule has 3 unspecified atom stereocenters. The zero-order valence-corrected chi connectivity index (χ0v) is 7.86. The molecule has 2 aliphatic heterocycles. The molecule has 1 saturated carbocycles. The first-order chi connectivity index (χ1) is 5.12. The largest absolute Gasteiger partial charge is 0.480 e. The highest BCUT2D eigenvalue weighted by molar-refractivity contribution is 5.85. The second kappa shape index (κ2) is 2.89. The smallest absolute Gasteiger partial charge is 0.323 e. The van der Waals surface area contributed by atoms with E-state index in [1.54, 1.807) is 0 Å². The second-order valence-corrected chi connectivity index (χ2v) is 3.98. The van der Waals surface area contributed by atoms with E-state index in [4.69, 9.17) is 5.11 Å². The molecule has 3 fully saturated rings. The minimum absolute atomic E-state index is 0. The summed E-state index contributed by atoms with van der Waals surface area (Å²) in [5.41, 5.74) is -0.539. The number of carboxylic acid groups (broad SMARTS) is 1. The van der Waals surface area contributed by atoms with Gasteiger partial charge in [0, 0.05) is 6.04 Å². The molecule has 0 amide bonds. The lowest BCUT2D eigenvalue weighted by molar-refractivity contribution is -0.154. The quantitative estimate of drug-likeness (QED) is 0.651. The summed E-state index contributed by atoms with van der Waals surface area (Å²) in [4.78, 5) is 10.8. The van der Waals surface area contributed by atoms with Gasteiger partial charge in [0.25, 0.3) is 0 Å². The number of hydrogen-bond acceptors (Lipinski definition) is 2. The van der Waals surface area contributed by atoms with E-state index in [-0.39, 0.29) is 12.4 Å². The third-order valence-electron chi connectivity index (χ3n) is 2.87. The van der Waals surface area contributed by atoms with E-state index in [0.717, 1.165) is 19.3 Å². The molecule has 12 heavy (non-hydrogen) atoms. The molecule has 1 aliphatic carbocycles. The zero-order chi connectivity index (χ0) is 8.06. The van der Waals surface area contributed by atoms with Crippen LogP contribution in [0.4, 0.5) is 0 Å². The van der Waals surface area contributed by atoms with Crippen LogP contribution in [0.5, 0.6) is 0 Å². The topological polar surface area (TPSA) is 49.3 Å². The van der Waals surface area contributed by atoms with Crippen molar-refractivity contribution < 1.29 is 9.90 Å². The normalized spacial score (nSPS) is 44.1. The predicted octanol–water partition coefficient (Wildman–Crippen LogP) is 1.02. The second-order valence-electron chi connectivity index (χ2n) is 3.98. The Morgan fingerprint density at radius 2 is 2.17 bits per heavy atom. The first-order valence-electron chi connectivity index (χ1n) is 4.13. The molecule has 0 spiro atoms. The van der Waals surface area contributed by atoms with Crippen molar-refractivity contribution in [1.29, 1.82) is 0 Å². The Kier molecular flexibility index (Phi) is 2.36. The van der Waals surface area contributed by atoms with Gasteiger partial charge < -0.3 is 5.11 Å². The molecule has 70 valence electrons. The molecule has 3 aliphatic rings. The molecule has 3 rings (SSSR count). The van der Waals surface area contributed by atoms with E-state index >= 15 is 0 Å². The maximum atomic E-state index is 10.8. The van der Waals surface area contributed by atoms with Crippen molar-refractivity contribution in [3.8, 4) is 0 Å². The maximum absolute atomic E-state index is 10.8. The van der Waals surface area contributed by atoms with Crippen molar-refractivity contribution in [1.82, 2.24) is 5.32 Å². The number of hydrogen-bond donors (Lipinski definition) is 2. The molecule has 2 heterocycles. The first-order valence-corrected chi connectivity index (χ1v) is 4.13. The van der Waals surface area contributed by atoms with E-state index in [1.165, 1.54) is 0 Å². The summed E-state index contributed by atoms with van der Waals surface area (Å²) in [6.07, 6.45) is 2.79. The van der Waals surface area contributed by atoms with Gasteiger partial charge in [0.1, 0.15) is 5.54 Å². The summed E-state index contributed by atoms with van der Waals surface area (Å²) < 4.78 is 0. The number of carboxylic acids is 1. The fraction of sp³-hybridized carbons (Fsp3) is 0.875. The predicted molar refractivity (Wildman–Crippen MR) is 47.6 cm³/mol. The summed E-state index contributed by atoms with van der Waals surface area (Å²) >= 11 is 0. The lowest BCUT2D eigenvalue weighted by atomic mass is 9.66. The van der Waals surface area contributed by atoms with Crippen LogP contribution < -0.4 is 5.32 Å². The highest BCUT2D eigenvalue weighted by Gasteiger charge is 2.54. The number of halogens is 1. The van der Waals surface area contributed by atoms with Gasteiger partial charge in [0.2, 0.25) is 0 Å². The third kappa shape index (κ3) is 1.21. The van der Waals surface area contributed by atoms with Crippen LogP contribution >= 0.6 is 12.4 Å². The van der Waals surface area contributed by atoms with Gasteiger partial charge in [-0.2, -0.15) is 0 Å². The third-order valence-corrected chi connectivity index (χ3v) is 2.87. The molecule has 3 atom stereocenters. The van der Waals surface area contributed by atoms with Crippen molar-refractivity contribution in [2.24, 2.45) is 5.92 Å². The van der Waals surface area contributed by atoms with Gasteiger partial charge in [-0.1, -0.05) is 6.92 Å². The molecule has 4 heteroatoms. The van der Waals surface area contributed by atoms with Crippen molar-refractivity contribution in [3.05, 3.63) is 0 Å². The van der Waals surface area contributed by atoms with Crippen LogP contribution in [0, 0.1) is 5.92 Å². The summed E-state index contributed by atoms with van der Waals surface area (Å²) in [6, 6.07) is 0.481. The highest BCUT2D eigenvalue weighted by atomic mass is 35.5. The molecule has 0 aromatic heterocycles. The molecule has 0 radical (unpaired) electrons. The van der Waals surface area contributed by atoms with Gasteiger partial charge in [-0.15, -0.1) is 12.4 Å². The van der Waals surface area contributed by atoms with Crippen molar-refractivity contribution in [3.63, 3.8) is 0 Å². The van der Waals surface area contributed by atoms with Crippen LogP contribution in [0.3, 0.4) is 0 Å². The Balaban J connectivity index is 0.000000720. The van der Waals surface area contributed by atoms with Gasteiger partial charge >= 0.3 is 5.97 Å². The molecule has 0 aromatic carbocycles. The Hall–Kier alpha value is -0.280. The lowest BCUT2D eigenvalue weighted by Crippen LogP contribution is -2.71. The number of nitrogens with one attached hydrogen (secondary N) is 1. The molecular formula is C8H14ClNO2. The van der Waals surface area contributed by atoms with E-state index in [9.17, 15) is 4.79 Å². The van der Waals surface area contributed by atoms with E-state index in [0.29, 0.717) is 12.0 Å². The maximum Gasteiger partial charge on any atom is 0.323 e. The number of aliphatic carboxylic acids is 1. The number of piperidine rings is 1. The average molecular weight is 192 g/mol. The summed E-state index contributed by atoms with van der Waals surface area (Å²) in [6.45, 7) is 2.13. The van der Waals surface area contributed by atoms with Gasteiger partial charge in [-0.25, -0.2) is 0 Å². The van der Waals surface area contributed by atoms with Crippen molar-refractivity contribution in [2.45, 2.75) is 37.8 Å². The average Bonchev–Trinajstić information content (AvgIpc) is 1.83. The fourth-order valence-electron chi connectivity index (χ4n) is 2.48. The first kappa shape index (κ1) is 9.81. The van der Waals surface area contributed by atoms with E-state index in [2.05, 4.69) is 12.2 Å². The van der Waals surface area contributed by atoms with Crippen LogP contribution in [0.25, 0.3) is 0 Å². The zero-order valence-electron chi connectivity index (χ0n) is 7.04. The van der Waals surface area contributed by atoms with Crippen LogP contribution in [-0.4, -0.2) is 22.7 Å². The van der Waals surface area contributed by atoms with Gasteiger partial charge in [0.05, 0.1) is 0 Å². The van der Waals surface area contributed by atoms with Gasteiger partial charge in [-0.3, -0.25) is 10.1 Å². The Morgan fingerprint density at radius 3 is 2.50 bits per heavy atom. The summed E-state index contributed by atoms with van der Waals surface area (Å²) in [7, 11) is 0. The van der Waals surface area contributed by atoms with Crippen molar-refractivity contribution >= 4 is 18.4 Å². The van der Waals surface area contributed by atoms with Crippen LogP contribution in [0.1, 0.15) is 26.2 Å². The van der Waals surface area contributed by atoms with E-state index in [1.807, 2.05) is 0 Å². The summed E-state index contributed by atoms with van der Waals surface area (Å²) in [5, 5.41) is 12.0. The minimum Gasteiger partial charge on any atom is -0.480 e. The van der Waals surface area contributed by atoms with Crippen LogP contribution in [0.15, 0.2) is 0 Å². The van der Waals surface area contributed by atoms with Gasteiger partial charge in [0.15, 0.2) is 0 Å². The lowest BCUT2D eigenvalue weighted by Gasteiger charge is -2.53. The van der Waals surface area contributed by atoms with E-state index < -0.39 is 11.5 Å². The van der Waals surface area contributed by atoms with Crippen LogP contribution in [-0.2, 0) is 4.79 Å². The molecule has 2 saturated heterocycles. The Morgan fingerprint density at radius 1 is 1.58 bits per heavy atom. The monoisotopic (exact) mass is 191 g/mol. The molecule has 0 aromatic rings. The standard InChI is InChI=1S/C8H13NO2.ClH/c1-5-2-6-4-8(3-5,9-6)7(10)11;/h5-6,9H,2-4H2,1H3,(H,10,11);1H. The van der Waals surface area contributed by atoms with Crippen LogP contribution in [0.2, 0.25) is 0 Å². The Bertz CT molecular complexity index is 201. The molecule has 2 bridgehead atoms. The highest BCUT2D eigenvalue weighted by Crippen LogP contribution is 2.41. The molecule has 3 nitrogen and oxygen atoms in total. The number of rotatable bonds is 1. The SMILES string of the molecule is CC1CC2CC(C(=O)O)(C1)N2.Cl. The number of carbonyl (C=O) groups is 1. The fourth-order valence-corrected chi connectivity index (χ4v) is 2.48. The molecule has 2 N–H and O–H groups in total. The Labute approximate surface area is 77.9 Å².